The van der Waals surface area contributed by atoms with Gasteiger partial charge in [-0.05, 0) is 82.6 Å². The summed E-state index contributed by atoms with van der Waals surface area (Å²) >= 11 is 1.87. The van der Waals surface area contributed by atoms with Crippen molar-refractivity contribution in [2.45, 2.75) is 0 Å². The molecular weight excluding hydrogens is 613 g/mol. The molecule has 8 aromatic carbocycles. The minimum atomic E-state index is 1.12. The van der Waals surface area contributed by atoms with Crippen molar-refractivity contribution in [3.8, 4) is 16.8 Å². The van der Waals surface area contributed by atoms with Gasteiger partial charge in [0.2, 0.25) is 0 Å². The number of para-hydroxylation sites is 2. The lowest BCUT2D eigenvalue weighted by atomic mass is 9.98. The third-order valence-electron chi connectivity index (χ3n) is 9.80. The molecule has 0 aliphatic heterocycles. The van der Waals surface area contributed by atoms with Crippen LogP contribution < -0.4 is 4.90 Å². The van der Waals surface area contributed by atoms with Gasteiger partial charge < -0.3 is 9.47 Å². The Morgan fingerprint density at radius 3 is 1.69 bits per heavy atom. The third kappa shape index (κ3) is 4.47. The summed E-state index contributed by atoms with van der Waals surface area (Å²) in [5.41, 5.74) is 9.46. The summed E-state index contributed by atoms with van der Waals surface area (Å²) < 4.78 is 4.97. The Hall–Kier alpha value is -6.16. The van der Waals surface area contributed by atoms with E-state index in [2.05, 4.69) is 191 Å². The van der Waals surface area contributed by atoms with E-state index in [-0.39, 0.29) is 0 Å². The van der Waals surface area contributed by atoms with Crippen LogP contribution in [0.25, 0.3) is 69.6 Å². The van der Waals surface area contributed by atoms with Gasteiger partial charge in [-0.1, -0.05) is 121 Å². The number of hydrogen-bond acceptors (Lipinski definition) is 2. The molecule has 0 N–H and O–H groups in total. The number of aromatic nitrogens is 1. The topological polar surface area (TPSA) is 8.17 Å². The number of fused-ring (bicyclic) bond motifs is 7. The first-order chi connectivity index (χ1) is 24.3. The molecule has 2 nitrogen and oxygen atoms in total. The summed E-state index contributed by atoms with van der Waals surface area (Å²) in [4.78, 5) is 2.42. The molecule has 0 atom stereocenters. The number of anilines is 3. The quantitative estimate of drug-likeness (QED) is 0.181. The van der Waals surface area contributed by atoms with Crippen LogP contribution in [0.4, 0.5) is 17.1 Å². The van der Waals surface area contributed by atoms with Crippen LogP contribution in [-0.4, -0.2) is 4.57 Å². The highest BCUT2D eigenvalue weighted by atomic mass is 32.1. The predicted octanol–water partition coefficient (Wildman–Crippen LogP) is 13.4. The lowest BCUT2D eigenvalue weighted by Crippen LogP contribution is -2.10. The molecule has 49 heavy (non-hydrogen) atoms. The van der Waals surface area contributed by atoms with Crippen molar-refractivity contribution < 1.29 is 0 Å². The van der Waals surface area contributed by atoms with Crippen molar-refractivity contribution in [2.24, 2.45) is 0 Å². The van der Waals surface area contributed by atoms with E-state index in [4.69, 9.17) is 0 Å². The molecule has 0 aliphatic rings. The first-order valence-corrected chi connectivity index (χ1v) is 17.5. The molecule has 2 aromatic heterocycles. The summed E-state index contributed by atoms with van der Waals surface area (Å²) in [7, 11) is 0. The minimum Gasteiger partial charge on any atom is -0.309 e. The molecule has 0 amide bonds. The molecule has 0 unspecified atom stereocenters. The minimum absolute atomic E-state index is 1.12. The molecule has 0 saturated carbocycles. The van der Waals surface area contributed by atoms with Gasteiger partial charge in [-0.2, -0.15) is 0 Å². The second-order valence-corrected chi connectivity index (χ2v) is 13.6. The average Bonchev–Trinajstić information content (AvgIpc) is 3.72. The van der Waals surface area contributed by atoms with Gasteiger partial charge in [0, 0.05) is 43.3 Å². The standard InChI is InChI=1S/C46H30N2S/c1-2-13-36-31(11-1)12-9-17-37(36)32-23-25-33(26-24-32)47(44-21-10-18-41-40-16-5-8-22-45(40)49-46(41)44)34-27-29-35(30-28-34)48-42-19-6-3-14-38(42)39-15-4-7-20-43(39)48/h1-30H. The van der Waals surface area contributed by atoms with Crippen LogP contribution in [0, 0.1) is 0 Å². The normalized spacial score (nSPS) is 11.7. The van der Waals surface area contributed by atoms with E-state index in [1.54, 1.807) is 0 Å². The Bertz CT molecular complexity index is 2760. The molecule has 2 heterocycles. The number of thiophene rings is 1. The number of benzene rings is 8. The summed E-state index contributed by atoms with van der Waals surface area (Å²) in [6.07, 6.45) is 0. The summed E-state index contributed by atoms with van der Waals surface area (Å²) in [5, 5.41) is 7.66. The molecule has 10 rings (SSSR count). The van der Waals surface area contributed by atoms with Gasteiger partial charge in [-0.25, -0.2) is 0 Å². The summed E-state index contributed by atoms with van der Waals surface area (Å²) in [6.45, 7) is 0. The first-order valence-electron chi connectivity index (χ1n) is 16.7. The Morgan fingerprint density at radius 2 is 0.959 bits per heavy atom. The monoisotopic (exact) mass is 642 g/mol. The SMILES string of the molecule is c1ccc2c(-c3ccc(N(c4ccc(-n5c6ccccc6c6ccccc65)cc4)c4cccc5c4sc4ccccc45)cc3)cccc2c1. The fraction of sp³-hybridized carbons (Fsp3) is 0. The highest BCUT2D eigenvalue weighted by Gasteiger charge is 2.19. The van der Waals surface area contributed by atoms with Crippen molar-refractivity contribution in [3.05, 3.63) is 182 Å². The molecule has 3 heteroatoms. The van der Waals surface area contributed by atoms with Crippen LogP contribution in [0.1, 0.15) is 0 Å². The van der Waals surface area contributed by atoms with Crippen LogP contribution in [0.3, 0.4) is 0 Å². The maximum Gasteiger partial charge on any atom is 0.0640 e. The van der Waals surface area contributed by atoms with Crippen molar-refractivity contribution >= 4 is 81.1 Å². The van der Waals surface area contributed by atoms with Gasteiger partial charge in [0.1, 0.15) is 0 Å². The smallest absolute Gasteiger partial charge is 0.0640 e. The van der Waals surface area contributed by atoms with Crippen LogP contribution in [0.2, 0.25) is 0 Å². The van der Waals surface area contributed by atoms with Crippen LogP contribution in [0.15, 0.2) is 182 Å². The zero-order valence-corrected chi connectivity index (χ0v) is 27.4. The van der Waals surface area contributed by atoms with E-state index in [0.29, 0.717) is 0 Å². The van der Waals surface area contributed by atoms with Gasteiger partial charge in [0.05, 0.1) is 21.4 Å². The van der Waals surface area contributed by atoms with E-state index >= 15 is 0 Å². The lowest BCUT2D eigenvalue weighted by molar-refractivity contribution is 1.17. The molecule has 230 valence electrons. The zero-order valence-electron chi connectivity index (χ0n) is 26.6. The highest BCUT2D eigenvalue weighted by Crippen LogP contribution is 2.45. The Kier molecular flexibility index (Phi) is 6.39. The Labute approximate surface area is 288 Å². The Morgan fingerprint density at radius 1 is 0.408 bits per heavy atom. The third-order valence-corrected chi connectivity index (χ3v) is 11.0. The van der Waals surface area contributed by atoms with Crippen molar-refractivity contribution in [2.75, 3.05) is 4.90 Å². The maximum absolute atomic E-state index is 2.42. The van der Waals surface area contributed by atoms with E-state index < -0.39 is 0 Å². The number of nitrogens with zero attached hydrogens (tertiary/aromatic N) is 2. The predicted molar refractivity (Wildman–Crippen MR) is 211 cm³/mol. The Balaban J connectivity index is 1.14. The van der Waals surface area contributed by atoms with Crippen molar-refractivity contribution in [3.63, 3.8) is 0 Å². The first kappa shape index (κ1) is 27.9. The fourth-order valence-electron chi connectivity index (χ4n) is 7.55. The second-order valence-electron chi connectivity index (χ2n) is 12.5. The summed E-state index contributed by atoms with van der Waals surface area (Å²) in [5.74, 6) is 0. The number of rotatable bonds is 5. The van der Waals surface area contributed by atoms with Crippen LogP contribution >= 0.6 is 11.3 Å². The van der Waals surface area contributed by atoms with Gasteiger partial charge >= 0.3 is 0 Å². The highest BCUT2D eigenvalue weighted by molar-refractivity contribution is 7.26. The van der Waals surface area contributed by atoms with Crippen LogP contribution in [0.5, 0.6) is 0 Å². The molecule has 0 bridgehead atoms. The summed E-state index contributed by atoms with van der Waals surface area (Å²) in [6, 6.07) is 66.1. The molecule has 0 spiro atoms. The molecule has 0 saturated heterocycles. The van der Waals surface area contributed by atoms with E-state index in [1.165, 1.54) is 69.6 Å². The van der Waals surface area contributed by atoms with Crippen molar-refractivity contribution in [1.29, 1.82) is 0 Å². The average molecular weight is 643 g/mol. The van der Waals surface area contributed by atoms with Gasteiger partial charge in [0.15, 0.2) is 0 Å². The van der Waals surface area contributed by atoms with Gasteiger partial charge in [-0.3, -0.25) is 0 Å². The maximum atomic E-state index is 2.42. The van der Waals surface area contributed by atoms with E-state index in [1.807, 2.05) is 11.3 Å². The largest absolute Gasteiger partial charge is 0.309 e. The van der Waals surface area contributed by atoms with Crippen molar-refractivity contribution in [1.82, 2.24) is 4.57 Å². The molecule has 0 fully saturated rings. The number of hydrogen-bond donors (Lipinski definition) is 0. The van der Waals surface area contributed by atoms with Gasteiger partial charge in [-0.15, -0.1) is 11.3 Å². The van der Waals surface area contributed by atoms with Gasteiger partial charge in [0.25, 0.3) is 0 Å². The van der Waals surface area contributed by atoms with Crippen LogP contribution in [-0.2, 0) is 0 Å². The fourth-order valence-corrected chi connectivity index (χ4v) is 8.76. The van der Waals surface area contributed by atoms with E-state index in [0.717, 1.165) is 17.1 Å². The molecule has 0 radical (unpaired) electrons. The molecule has 0 aliphatic carbocycles. The molecular formula is C46H30N2S. The molecule has 10 aromatic rings. The lowest BCUT2D eigenvalue weighted by Gasteiger charge is -2.26. The van der Waals surface area contributed by atoms with E-state index in [9.17, 15) is 0 Å². The zero-order chi connectivity index (χ0) is 32.3. The second kappa shape index (κ2) is 11.2.